The van der Waals surface area contributed by atoms with Crippen molar-refractivity contribution < 1.29 is 14.3 Å². The summed E-state index contributed by atoms with van der Waals surface area (Å²) in [7, 11) is 3.35. The van der Waals surface area contributed by atoms with Gasteiger partial charge in [0.2, 0.25) is 5.91 Å². The van der Waals surface area contributed by atoms with Crippen molar-refractivity contribution in [1.29, 1.82) is 0 Å². The van der Waals surface area contributed by atoms with E-state index in [0.717, 1.165) is 37.4 Å². The average molecular weight is 425 g/mol. The first kappa shape index (κ1) is 23.1. The first-order valence-corrected chi connectivity index (χ1v) is 11.3. The molecule has 168 valence electrons. The molecule has 0 saturated heterocycles. The summed E-state index contributed by atoms with van der Waals surface area (Å²) in [5, 5.41) is 3.34. The van der Waals surface area contributed by atoms with Crippen molar-refractivity contribution in [1.82, 2.24) is 10.2 Å². The third-order valence-electron chi connectivity index (χ3n) is 6.02. The largest absolute Gasteiger partial charge is 0.493 e. The first-order valence-electron chi connectivity index (χ1n) is 11.3. The molecule has 5 nitrogen and oxygen atoms in total. The smallest absolute Gasteiger partial charge is 0.220 e. The summed E-state index contributed by atoms with van der Waals surface area (Å²) >= 11 is 0. The maximum atomic E-state index is 12.7. The molecule has 3 rings (SSSR count). The molecular weight excluding hydrogens is 388 g/mol. The maximum Gasteiger partial charge on any atom is 0.220 e. The fourth-order valence-electron chi connectivity index (χ4n) is 4.54. The minimum absolute atomic E-state index is 0.0205. The Labute approximate surface area is 186 Å². The Balaban J connectivity index is 1.99. The van der Waals surface area contributed by atoms with Crippen molar-refractivity contribution in [3.8, 4) is 11.5 Å². The van der Waals surface area contributed by atoms with E-state index in [1.807, 2.05) is 6.07 Å². The van der Waals surface area contributed by atoms with Crippen LogP contribution in [0.1, 0.15) is 56.3 Å². The molecule has 0 unspecified atom stereocenters. The third kappa shape index (κ3) is 5.59. The molecule has 0 saturated carbocycles. The van der Waals surface area contributed by atoms with Crippen molar-refractivity contribution in [2.45, 2.75) is 58.7 Å². The highest BCUT2D eigenvalue weighted by molar-refractivity contribution is 5.76. The summed E-state index contributed by atoms with van der Waals surface area (Å²) in [4.78, 5) is 15.2. The van der Waals surface area contributed by atoms with Crippen molar-refractivity contribution in [2.75, 3.05) is 20.8 Å². The highest BCUT2D eigenvalue weighted by Crippen LogP contribution is 2.40. The second kappa shape index (κ2) is 10.7. The van der Waals surface area contributed by atoms with Gasteiger partial charge in [-0.2, -0.15) is 0 Å². The van der Waals surface area contributed by atoms with Crippen LogP contribution in [-0.2, 0) is 17.8 Å². The van der Waals surface area contributed by atoms with E-state index in [9.17, 15) is 4.79 Å². The van der Waals surface area contributed by atoms with Crippen LogP contribution in [0.3, 0.4) is 0 Å². The monoisotopic (exact) mass is 424 g/mol. The number of benzene rings is 2. The fourth-order valence-corrected chi connectivity index (χ4v) is 4.54. The van der Waals surface area contributed by atoms with Gasteiger partial charge in [0.25, 0.3) is 0 Å². The lowest BCUT2D eigenvalue weighted by Gasteiger charge is -2.42. The number of nitrogens with one attached hydrogen (secondary N) is 1. The number of carbonyl (C=O) groups is 1. The molecule has 0 radical (unpaired) electrons. The Morgan fingerprint density at radius 2 is 1.81 bits per heavy atom. The molecule has 2 aromatic carbocycles. The van der Waals surface area contributed by atoms with E-state index in [-0.39, 0.29) is 18.0 Å². The Morgan fingerprint density at radius 3 is 2.42 bits per heavy atom. The number of rotatable bonds is 9. The van der Waals surface area contributed by atoms with Crippen LogP contribution in [0.5, 0.6) is 11.5 Å². The zero-order valence-corrected chi connectivity index (χ0v) is 19.5. The Morgan fingerprint density at radius 1 is 1.13 bits per heavy atom. The highest BCUT2D eigenvalue weighted by Gasteiger charge is 2.35. The van der Waals surface area contributed by atoms with Crippen molar-refractivity contribution in [3.05, 3.63) is 59.2 Å². The molecule has 0 bridgehead atoms. The molecule has 1 amide bonds. The molecule has 1 N–H and O–H groups in total. The molecule has 1 heterocycles. The van der Waals surface area contributed by atoms with Crippen molar-refractivity contribution in [2.24, 2.45) is 5.92 Å². The Bertz CT molecular complexity index is 866. The summed E-state index contributed by atoms with van der Waals surface area (Å²) in [6.45, 7) is 8.08. The van der Waals surface area contributed by atoms with Crippen LogP contribution in [0.4, 0.5) is 0 Å². The molecule has 2 aromatic rings. The fraction of sp³-hybridized carbons (Fsp3) is 0.500. The van der Waals surface area contributed by atoms with Gasteiger partial charge in [0.15, 0.2) is 11.5 Å². The Kier molecular flexibility index (Phi) is 7.97. The molecule has 31 heavy (non-hydrogen) atoms. The average Bonchev–Trinajstić information content (AvgIpc) is 2.76. The molecule has 5 heteroatoms. The Hall–Kier alpha value is -2.53. The van der Waals surface area contributed by atoms with Crippen LogP contribution in [0, 0.1) is 5.92 Å². The van der Waals surface area contributed by atoms with Crippen LogP contribution < -0.4 is 14.8 Å². The molecule has 0 spiro atoms. The van der Waals surface area contributed by atoms with Gasteiger partial charge in [-0.1, -0.05) is 51.1 Å². The van der Waals surface area contributed by atoms with Gasteiger partial charge in [-0.05, 0) is 47.6 Å². The predicted molar refractivity (Wildman–Crippen MR) is 125 cm³/mol. The van der Waals surface area contributed by atoms with Gasteiger partial charge in [0, 0.05) is 25.6 Å². The number of amides is 1. The van der Waals surface area contributed by atoms with Gasteiger partial charge in [0.05, 0.1) is 20.3 Å². The van der Waals surface area contributed by atoms with Gasteiger partial charge >= 0.3 is 0 Å². The summed E-state index contributed by atoms with van der Waals surface area (Å²) in [5.74, 6) is 1.94. The van der Waals surface area contributed by atoms with Gasteiger partial charge < -0.3 is 14.8 Å². The molecule has 1 aliphatic rings. The first-order chi connectivity index (χ1) is 15.0. The molecule has 0 fully saturated rings. The van der Waals surface area contributed by atoms with E-state index in [0.29, 0.717) is 12.3 Å². The number of hydrogen-bond donors (Lipinski definition) is 1. The van der Waals surface area contributed by atoms with Crippen molar-refractivity contribution in [3.63, 3.8) is 0 Å². The molecular formula is C26H36N2O3. The SMILES string of the molecule is CC[C@@H](NC(=O)CC(C)C)[C@H]1c2cc(OC)c(OC)cc2CCN1Cc1ccccc1. The van der Waals surface area contributed by atoms with Crippen molar-refractivity contribution >= 4 is 5.91 Å². The van der Waals surface area contributed by atoms with Crippen LogP contribution in [0.2, 0.25) is 0 Å². The van der Waals surface area contributed by atoms with Gasteiger partial charge in [0.1, 0.15) is 0 Å². The van der Waals surface area contributed by atoms with Crippen LogP contribution in [-0.4, -0.2) is 37.6 Å². The molecule has 1 aliphatic heterocycles. The number of ether oxygens (including phenoxy) is 2. The van der Waals surface area contributed by atoms with E-state index in [1.54, 1.807) is 14.2 Å². The van der Waals surface area contributed by atoms with Crippen LogP contribution in [0.15, 0.2) is 42.5 Å². The number of nitrogens with zero attached hydrogens (tertiary/aromatic N) is 1. The molecule has 0 aliphatic carbocycles. The molecule has 0 aromatic heterocycles. The number of fused-ring (bicyclic) bond motifs is 1. The normalized spacial score (nSPS) is 17.2. The lowest BCUT2D eigenvalue weighted by molar-refractivity contribution is -0.123. The quantitative estimate of drug-likeness (QED) is 0.631. The zero-order valence-electron chi connectivity index (χ0n) is 19.5. The second-order valence-electron chi connectivity index (χ2n) is 8.74. The highest BCUT2D eigenvalue weighted by atomic mass is 16.5. The summed E-state index contributed by atoms with van der Waals surface area (Å²) in [5.41, 5.74) is 3.76. The van der Waals surface area contributed by atoms with Gasteiger partial charge in [-0.3, -0.25) is 9.69 Å². The summed E-state index contributed by atoms with van der Waals surface area (Å²) in [6.07, 6.45) is 2.34. The molecule has 2 atom stereocenters. The van der Waals surface area contributed by atoms with E-state index in [2.05, 4.69) is 67.4 Å². The predicted octanol–water partition coefficient (Wildman–Crippen LogP) is 4.74. The lowest BCUT2D eigenvalue weighted by atomic mass is 9.86. The number of carbonyl (C=O) groups excluding carboxylic acids is 1. The van der Waals surface area contributed by atoms with E-state index in [1.165, 1.54) is 16.7 Å². The van der Waals surface area contributed by atoms with E-state index >= 15 is 0 Å². The van der Waals surface area contributed by atoms with Crippen LogP contribution >= 0.6 is 0 Å². The minimum Gasteiger partial charge on any atom is -0.493 e. The lowest BCUT2D eigenvalue weighted by Crippen LogP contribution is -2.48. The van der Waals surface area contributed by atoms with Crippen LogP contribution in [0.25, 0.3) is 0 Å². The second-order valence-corrected chi connectivity index (χ2v) is 8.74. The standard InChI is InChI=1S/C26H36N2O3/c1-6-22(27-25(29)14-18(2)3)26-21-16-24(31-5)23(30-4)15-20(21)12-13-28(26)17-19-10-8-7-9-11-19/h7-11,15-16,18,22,26H,6,12-14,17H2,1-5H3,(H,27,29)/t22-,26-/m1/s1. The van der Waals surface area contributed by atoms with Gasteiger partial charge in [-0.25, -0.2) is 0 Å². The number of hydrogen-bond acceptors (Lipinski definition) is 4. The van der Waals surface area contributed by atoms with E-state index < -0.39 is 0 Å². The summed E-state index contributed by atoms with van der Waals surface area (Å²) < 4.78 is 11.2. The third-order valence-corrected chi connectivity index (χ3v) is 6.02. The minimum atomic E-state index is 0.0205. The number of methoxy groups -OCH3 is 2. The maximum absolute atomic E-state index is 12.7. The van der Waals surface area contributed by atoms with E-state index in [4.69, 9.17) is 9.47 Å². The summed E-state index contributed by atoms with van der Waals surface area (Å²) in [6, 6.07) is 14.8. The topological polar surface area (TPSA) is 50.8 Å². The van der Waals surface area contributed by atoms with Gasteiger partial charge in [-0.15, -0.1) is 0 Å². The zero-order chi connectivity index (χ0) is 22.4.